The fourth-order valence-electron chi connectivity index (χ4n) is 2.24. The van der Waals surface area contributed by atoms with Gasteiger partial charge >= 0.3 is 6.09 Å². The smallest absolute Gasteiger partial charge is 0.410 e. The average Bonchev–Trinajstić information content (AvgIpc) is 2.45. The summed E-state index contributed by atoms with van der Waals surface area (Å²) in [4.78, 5) is 13.9. The van der Waals surface area contributed by atoms with Crippen LogP contribution in [0.15, 0.2) is 0 Å². The van der Waals surface area contributed by atoms with Crippen molar-refractivity contribution < 1.29 is 14.6 Å². The summed E-state index contributed by atoms with van der Waals surface area (Å²) in [7, 11) is 0. The second-order valence-corrected chi connectivity index (χ2v) is 7.01. The number of aliphatic hydroxyl groups excluding tert-OH is 1. The van der Waals surface area contributed by atoms with E-state index in [2.05, 4.69) is 26.1 Å². The standard InChI is InChI=1S/C17H36N2O3/c1-7-11-19(15(21)22-16(4,5)6)12-10-18-13-17(8-2,9-3)14-20/h18,20H,7-14H2,1-6H3. The van der Waals surface area contributed by atoms with Gasteiger partial charge in [0, 0.05) is 38.2 Å². The molecule has 1 amide bonds. The van der Waals surface area contributed by atoms with Gasteiger partial charge in [-0.05, 0) is 40.0 Å². The van der Waals surface area contributed by atoms with E-state index in [4.69, 9.17) is 4.74 Å². The number of ether oxygens (including phenoxy) is 1. The highest BCUT2D eigenvalue weighted by Gasteiger charge is 2.25. The molecule has 0 atom stereocenters. The molecule has 0 radical (unpaired) electrons. The van der Waals surface area contributed by atoms with E-state index in [0.29, 0.717) is 19.6 Å². The van der Waals surface area contributed by atoms with Crippen LogP contribution >= 0.6 is 0 Å². The summed E-state index contributed by atoms with van der Waals surface area (Å²) < 4.78 is 5.43. The second-order valence-electron chi connectivity index (χ2n) is 7.01. The number of amides is 1. The molecule has 0 aromatic heterocycles. The SMILES string of the molecule is CCCN(CCNCC(CC)(CC)CO)C(=O)OC(C)(C)C. The first-order valence-electron chi connectivity index (χ1n) is 8.53. The van der Waals surface area contributed by atoms with Crippen LogP contribution < -0.4 is 5.32 Å². The normalized spacial score (nSPS) is 12.3. The van der Waals surface area contributed by atoms with E-state index in [1.165, 1.54) is 0 Å². The molecule has 0 bridgehead atoms. The molecule has 0 saturated heterocycles. The predicted octanol–water partition coefficient (Wildman–Crippen LogP) is 3.02. The Bertz CT molecular complexity index is 301. The lowest BCUT2D eigenvalue weighted by atomic mass is 9.83. The zero-order valence-corrected chi connectivity index (χ0v) is 15.4. The van der Waals surface area contributed by atoms with E-state index >= 15 is 0 Å². The third-order valence-corrected chi connectivity index (χ3v) is 4.04. The van der Waals surface area contributed by atoms with Crippen molar-refractivity contribution in [2.24, 2.45) is 5.41 Å². The lowest BCUT2D eigenvalue weighted by Crippen LogP contribution is -2.43. The second kappa shape index (κ2) is 10.1. The summed E-state index contributed by atoms with van der Waals surface area (Å²) >= 11 is 0. The molecule has 0 aromatic carbocycles. The molecule has 22 heavy (non-hydrogen) atoms. The zero-order valence-electron chi connectivity index (χ0n) is 15.4. The van der Waals surface area contributed by atoms with Crippen LogP contribution in [0.4, 0.5) is 4.79 Å². The van der Waals surface area contributed by atoms with Gasteiger partial charge in [-0.1, -0.05) is 20.8 Å². The highest BCUT2D eigenvalue weighted by molar-refractivity contribution is 5.68. The van der Waals surface area contributed by atoms with Gasteiger partial charge in [-0.25, -0.2) is 4.79 Å². The maximum Gasteiger partial charge on any atom is 0.410 e. The van der Waals surface area contributed by atoms with Gasteiger partial charge in [0.1, 0.15) is 5.60 Å². The predicted molar refractivity (Wildman–Crippen MR) is 91.1 cm³/mol. The Hall–Kier alpha value is -0.810. The van der Waals surface area contributed by atoms with Gasteiger partial charge in [0.05, 0.1) is 0 Å². The Morgan fingerprint density at radius 1 is 1.14 bits per heavy atom. The molecule has 0 aliphatic heterocycles. The Labute approximate surface area is 136 Å². The molecule has 0 rings (SSSR count). The molecule has 0 aliphatic carbocycles. The van der Waals surface area contributed by atoms with Crippen molar-refractivity contribution >= 4 is 6.09 Å². The minimum Gasteiger partial charge on any atom is -0.444 e. The number of hydrogen-bond donors (Lipinski definition) is 2. The fourth-order valence-corrected chi connectivity index (χ4v) is 2.24. The Balaban J connectivity index is 4.34. The van der Waals surface area contributed by atoms with Crippen LogP contribution in [0.2, 0.25) is 0 Å². The van der Waals surface area contributed by atoms with Crippen LogP contribution in [0.1, 0.15) is 60.8 Å². The Kier molecular flexibility index (Phi) is 9.69. The van der Waals surface area contributed by atoms with Crippen LogP contribution in [-0.4, -0.2) is 54.5 Å². The fraction of sp³-hybridized carbons (Fsp3) is 0.941. The van der Waals surface area contributed by atoms with Crippen molar-refractivity contribution in [1.29, 1.82) is 0 Å². The van der Waals surface area contributed by atoms with E-state index in [-0.39, 0.29) is 18.1 Å². The van der Waals surface area contributed by atoms with E-state index in [9.17, 15) is 9.90 Å². The Morgan fingerprint density at radius 2 is 1.73 bits per heavy atom. The van der Waals surface area contributed by atoms with E-state index in [0.717, 1.165) is 25.8 Å². The molecule has 0 fully saturated rings. The largest absolute Gasteiger partial charge is 0.444 e. The van der Waals surface area contributed by atoms with E-state index < -0.39 is 5.60 Å². The van der Waals surface area contributed by atoms with Crippen molar-refractivity contribution in [2.45, 2.75) is 66.4 Å². The average molecular weight is 316 g/mol. The molecule has 0 spiro atoms. The van der Waals surface area contributed by atoms with Crippen LogP contribution in [0.3, 0.4) is 0 Å². The maximum absolute atomic E-state index is 12.1. The molecule has 0 aromatic rings. The third kappa shape index (κ3) is 7.99. The van der Waals surface area contributed by atoms with E-state index in [1.807, 2.05) is 20.8 Å². The first-order chi connectivity index (χ1) is 10.2. The molecule has 5 heteroatoms. The molecular formula is C17H36N2O3. The molecule has 2 N–H and O–H groups in total. The first kappa shape index (κ1) is 21.2. The van der Waals surface area contributed by atoms with Gasteiger partial charge in [0.2, 0.25) is 0 Å². The number of hydrogen-bond acceptors (Lipinski definition) is 4. The molecule has 0 aliphatic rings. The highest BCUT2D eigenvalue weighted by atomic mass is 16.6. The number of nitrogens with zero attached hydrogens (tertiary/aromatic N) is 1. The monoisotopic (exact) mass is 316 g/mol. The topological polar surface area (TPSA) is 61.8 Å². The summed E-state index contributed by atoms with van der Waals surface area (Å²) in [6.45, 7) is 14.9. The van der Waals surface area contributed by atoms with Crippen LogP contribution in [0.25, 0.3) is 0 Å². The first-order valence-corrected chi connectivity index (χ1v) is 8.53. The van der Waals surface area contributed by atoms with Gasteiger partial charge < -0.3 is 20.1 Å². The van der Waals surface area contributed by atoms with Gasteiger partial charge in [-0.3, -0.25) is 0 Å². The van der Waals surface area contributed by atoms with Crippen molar-refractivity contribution in [3.05, 3.63) is 0 Å². The van der Waals surface area contributed by atoms with Gasteiger partial charge in [0.25, 0.3) is 0 Å². The third-order valence-electron chi connectivity index (χ3n) is 4.04. The van der Waals surface area contributed by atoms with Crippen LogP contribution in [0, 0.1) is 5.41 Å². The van der Waals surface area contributed by atoms with Crippen LogP contribution in [0.5, 0.6) is 0 Å². The van der Waals surface area contributed by atoms with Gasteiger partial charge in [-0.2, -0.15) is 0 Å². The van der Waals surface area contributed by atoms with Crippen LogP contribution in [-0.2, 0) is 4.74 Å². The molecule has 0 saturated carbocycles. The maximum atomic E-state index is 12.1. The summed E-state index contributed by atoms with van der Waals surface area (Å²) in [5.41, 5.74) is -0.519. The minimum atomic E-state index is -0.465. The highest BCUT2D eigenvalue weighted by Crippen LogP contribution is 2.24. The molecule has 0 heterocycles. The molecule has 132 valence electrons. The van der Waals surface area contributed by atoms with Crippen molar-refractivity contribution in [3.8, 4) is 0 Å². The van der Waals surface area contributed by atoms with Gasteiger partial charge in [0.15, 0.2) is 0 Å². The number of carbonyl (C=O) groups excluding carboxylic acids is 1. The van der Waals surface area contributed by atoms with Crippen molar-refractivity contribution in [2.75, 3.05) is 32.8 Å². The lowest BCUT2D eigenvalue weighted by Gasteiger charge is -2.31. The number of aliphatic hydroxyl groups is 1. The number of nitrogens with one attached hydrogen (secondary N) is 1. The van der Waals surface area contributed by atoms with Crippen molar-refractivity contribution in [1.82, 2.24) is 10.2 Å². The number of rotatable bonds is 10. The number of carbonyl (C=O) groups is 1. The molecule has 5 nitrogen and oxygen atoms in total. The zero-order chi connectivity index (χ0) is 17.2. The minimum absolute atomic E-state index is 0.0541. The van der Waals surface area contributed by atoms with Gasteiger partial charge in [-0.15, -0.1) is 0 Å². The summed E-state index contributed by atoms with van der Waals surface area (Å²) in [5, 5.41) is 12.9. The van der Waals surface area contributed by atoms with Crippen molar-refractivity contribution in [3.63, 3.8) is 0 Å². The lowest BCUT2D eigenvalue weighted by molar-refractivity contribution is 0.0248. The summed E-state index contributed by atoms with van der Waals surface area (Å²) in [5.74, 6) is 0. The molecular weight excluding hydrogens is 280 g/mol. The quantitative estimate of drug-likeness (QED) is 0.608. The Morgan fingerprint density at radius 3 is 2.14 bits per heavy atom. The van der Waals surface area contributed by atoms with E-state index in [1.54, 1.807) is 4.90 Å². The summed E-state index contributed by atoms with van der Waals surface area (Å²) in [6.07, 6.45) is 2.54. The summed E-state index contributed by atoms with van der Waals surface area (Å²) in [6, 6.07) is 0. The molecule has 0 unspecified atom stereocenters.